The summed E-state index contributed by atoms with van der Waals surface area (Å²) in [5.74, 6) is 0.814. The van der Waals surface area contributed by atoms with Crippen molar-refractivity contribution >= 4 is 11.8 Å². The average molecular weight is 268 g/mol. The highest BCUT2D eigenvalue weighted by atomic mass is 16.2. The summed E-state index contributed by atoms with van der Waals surface area (Å²) in [5.41, 5.74) is 0. The van der Waals surface area contributed by atoms with E-state index in [9.17, 15) is 9.59 Å². The molecule has 4 heteroatoms. The second kappa shape index (κ2) is 7.51. The number of nitrogens with zero attached hydrogens (tertiary/aromatic N) is 1. The predicted molar refractivity (Wildman–Crippen MR) is 76.7 cm³/mol. The Morgan fingerprint density at radius 3 is 2.11 bits per heavy atom. The Kier molecular flexibility index (Phi) is 6.32. The molecule has 1 saturated heterocycles. The molecule has 4 nitrogen and oxygen atoms in total. The Morgan fingerprint density at radius 2 is 1.63 bits per heavy atom. The smallest absolute Gasteiger partial charge is 0.245 e. The summed E-state index contributed by atoms with van der Waals surface area (Å²) < 4.78 is 0. The van der Waals surface area contributed by atoms with Crippen molar-refractivity contribution in [2.45, 2.75) is 59.4 Å². The van der Waals surface area contributed by atoms with Gasteiger partial charge in [0.15, 0.2) is 0 Å². The third kappa shape index (κ3) is 5.62. The van der Waals surface area contributed by atoms with Gasteiger partial charge in [-0.3, -0.25) is 9.59 Å². The van der Waals surface area contributed by atoms with Gasteiger partial charge >= 0.3 is 0 Å². The van der Waals surface area contributed by atoms with E-state index in [0.717, 1.165) is 32.4 Å². The van der Waals surface area contributed by atoms with Crippen LogP contribution in [0.4, 0.5) is 0 Å². The first-order chi connectivity index (χ1) is 8.90. The van der Waals surface area contributed by atoms with E-state index in [1.54, 1.807) is 0 Å². The van der Waals surface area contributed by atoms with E-state index in [-0.39, 0.29) is 17.9 Å². The topological polar surface area (TPSA) is 49.4 Å². The molecule has 1 aliphatic rings. The lowest BCUT2D eigenvalue weighted by Crippen LogP contribution is -2.48. The third-order valence-corrected chi connectivity index (χ3v) is 3.35. The van der Waals surface area contributed by atoms with Crippen molar-refractivity contribution in [2.75, 3.05) is 13.1 Å². The number of carbonyl (C=O) groups excluding carboxylic acids is 2. The number of rotatable bonds is 6. The lowest BCUT2D eigenvalue weighted by Gasteiger charge is -2.25. The van der Waals surface area contributed by atoms with Crippen molar-refractivity contribution in [2.24, 2.45) is 11.8 Å². The Labute approximate surface area is 116 Å². The van der Waals surface area contributed by atoms with Gasteiger partial charge in [-0.1, -0.05) is 27.7 Å². The fraction of sp³-hybridized carbons (Fsp3) is 0.867. The molecule has 0 bridgehead atoms. The second-order valence-corrected chi connectivity index (χ2v) is 6.38. The molecular formula is C15H28N2O2. The highest BCUT2D eigenvalue weighted by Gasteiger charge is 2.28. The van der Waals surface area contributed by atoms with Gasteiger partial charge in [-0.15, -0.1) is 0 Å². The van der Waals surface area contributed by atoms with E-state index in [1.807, 2.05) is 18.7 Å². The van der Waals surface area contributed by atoms with Gasteiger partial charge in [-0.2, -0.15) is 0 Å². The van der Waals surface area contributed by atoms with Gasteiger partial charge < -0.3 is 10.2 Å². The maximum Gasteiger partial charge on any atom is 0.245 e. The highest BCUT2D eigenvalue weighted by molar-refractivity contribution is 5.87. The van der Waals surface area contributed by atoms with Crippen molar-refractivity contribution in [3.63, 3.8) is 0 Å². The first-order valence-corrected chi connectivity index (χ1v) is 7.48. The minimum absolute atomic E-state index is 0.00630. The standard InChI is InChI=1S/C15H28N2O2/c1-11(2)9-13(16-14(18)10-12(3)4)15(19)17-7-5-6-8-17/h11-13H,5-10H2,1-4H3,(H,16,18)/t13-/m0/s1. The van der Waals surface area contributed by atoms with Gasteiger partial charge in [0, 0.05) is 19.5 Å². The Hall–Kier alpha value is -1.06. The van der Waals surface area contributed by atoms with Gasteiger partial charge in [0.05, 0.1) is 0 Å². The molecule has 0 aliphatic carbocycles. The molecule has 1 fully saturated rings. The molecule has 0 aromatic heterocycles. The summed E-state index contributed by atoms with van der Waals surface area (Å²) in [6, 6.07) is -0.343. The van der Waals surface area contributed by atoms with E-state index in [1.165, 1.54) is 0 Å². The molecule has 2 amide bonds. The van der Waals surface area contributed by atoms with E-state index in [4.69, 9.17) is 0 Å². The van der Waals surface area contributed by atoms with Crippen LogP contribution in [0, 0.1) is 11.8 Å². The largest absolute Gasteiger partial charge is 0.344 e. The Morgan fingerprint density at radius 1 is 1.05 bits per heavy atom. The van der Waals surface area contributed by atoms with Crippen LogP contribution in [0.5, 0.6) is 0 Å². The zero-order valence-electron chi connectivity index (χ0n) is 12.7. The van der Waals surface area contributed by atoms with Crippen LogP contribution in [0.3, 0.4) is 0 Å². The number of hydrogen-bond donors (Lipinski definition) is 1. The zero-order chi connectivity index (χ0) is 14.4. The zero-order valence-corrected chi connectivity index (χ0v) is 12.7. The molecule has 0 unspecified atom stereocenters. The predicted octanol–water partition coefficient (Wildman–Crippen LogP) is 2.19. The van der Waals surface area contributed by atoms with Crippen LogP contribution in [-0.4, -0.2) is 35.8 Å². The molecule has 110 valence electrons. The van der Waals surface area contributed by atoms with Crippen LogP contribution < -0.4 is 5.32 Å². The molecule has 0 aromatic rings. The van der Waals surface area contributed by atoms with Gasteiger partial charge in [0.25, 0.3) is 0 Å². The van der Waals surface area contributed by atoms with Crippen molar-refractivity contribution < 1.29 is 9.59 Å². The van der Waals surface area contributed by atoms with Gasteiger partial charge in [0.1, 0.15) is 6.04 Å². The maximum absolute atomic E-state index is 12.4. The van der Waals surface area contributed by atoms with Crippen LogP contribution >= 0.6 is 0 Å². The monoisotopic (exact) mass is 268 g/mol. The van der Waals surface area contributed by atoms with Crippen LogP contribution in [0.1, 0.15) is 53.4 Å². The minimum atomic E-state index is -0.343. The summed E-state index contributed by atoms with van der Waals surface area (Å²) in [6.07, 6.45) is 3.38. The average Bonchev–Trinajstić information content (AvgIpc) is 2.78. The van der Waals surface area contributed by atoms with Crippen LogP contribution in [-0.2, 0) is 9.59 Å². The SMILES string of the molecule is CC(C)CC(=O)N[C@@H](CC(C)C)C(=O)N1CCCC1. The van der Waals surface area contributed by atoms with Gasteiger partial charge in [-0.05, 0) is 31.1 Å². The quantitative estimate of drug-likeness (QED) is 0.802. The van der Waals surface area contributed by atoms with Crippen molar-refractivity contribution in [3.8, 4) is 0 Å². The normalized spacial score (nSPS) is 17.1. The fourth-order valence-electron chi connectivity index (χ4n) is 2.47. The molecule has 0 radical (unpaired) electrons. The molecule has 0 spiro atoms. The second-order valence-electron chi connectivity index (χ2n) is 6.38. The summed E-state index contributed by atoms with van der Waals surface area (Å²) in [4.78, 5) is 26.2. The molecule has 1 N–H and O–H groups in total. The Balaban J connectivity index is 2.59. The first-order valence-electron chi connectivity index (χ1n) is 7.48. The van der Waals surface area contributed by atoms with E-state index in [2.05, 4.69) is 19.2 Å². The number of hydrogen-bond acceptors (Lipinski definition) is 2. The first kappa shape index (κ1) is 16.0. The lowest BCUT2D eigenvalue weighted by molar-refractivity contribution is -0.136. The van der Waals surface area contributed by atoms with E-state index in [0.29, 0.717) is 18.3 Å². The molecule has 1 atom stereocenters. The number of nitrogens with one attached hydrogen (secondary N) is 1. The molecule has 1 heterocycles. The Bertz CT molecular complexity index is 307. The number of amides is 2. The molecule has 0 saturated carbocycles. The van der Waals surface area contributed by atoms with Gasteiger partial charge in [0.2, 0.25) is 11.8 Å². The van der Waals surface area contributed by atoms with Crippen LogP contribution in [0.25, 0.3) is 0 Å². The third-order valence-electron chi connectivity index (χ3n) is 3.35. The molecule has 19 heavy (non-hydrogen) atoms. The number of likely N-dealkylation sites (tertiary alicyclic amines) is 1. The van der Waals surface area contributed by atoms with Crippen molar-refractivity contribution in [1.29, 1.82) is 0 Å². The summed E-state index contributed by atoms with van der Waals surface area (Å²) >= 11 is 0. The molecule has 1 aliphatic heterocycles. The fourth-order valence-corrected chi connectivity index (χ4v) is 2.47. The summed E-state index contributed by atoms with van der Waals surface area (Å²) in [7, 11) is 0. The maximum atomic E-state index is 12.4. The van der Waals surface area contributed by atoms with Crippen LogP contribution in [0.15, 0.2) is 0 Å². The summed E-state index contributed by atoms with van der Waals surface area (Å²) in [6.45, 7) is 9.87. The molecule has 1 rings (SSSR count). The highest BCUT2D eigenvalue weighted by Crippen LogP contribution is 2.14. The number of carbonyl (C=O) groups is 2. The minimum Gasteiger partial charge on any atom is -0.344 e. The van der Waals surface area contributed by atoms with Crippen molar-refractivity contribution in [3.05, 3.63) is 0 Å². The molecular weight excluding hydrogens is 240 g/mol. The van der Waals surface area contributed by atoms with E-state index < -0.39 is 0 Å². The molecule has 0 aromatic carbocycles. The lowest BCUT2D eigenvalue weighted by atomic mass is 10.0. The van der Waals surface area contributed by atoms with Crippen LogP contribution in [0.2, 0.25) is 0 Å². The summed E-state index contributed by atoms with van der Waals surface area (Å²) in [5, 5.41) is 2.93. The van der Waals surface area contributed by atoms with E-state index >= 15 is 0 Å². The van der Waals surface area contributed by atoms with Crippen molar-refractivity contribution in [1.82, 2.24) is 10.2 Å². The van der Waals surface area contributed by atoms with Gasteiger partial charge in [-0.25, -0.2) is 0 Å².